The molecule has 98 valence electrons. The van der Waals surface area contributed by atoms with Gasteiger partial charge in [-0.25, -0.2) is 4.79 Å². The average Bonchev–Trinajstić information content (AvgIpc) is 2.86. The fourth-order valence-electron chi connectivity index (χ4n) is 1.74. The second-order valence-corrected chi connectivity index (χ2v) is 3.94. The number of carbonyl (C=O) groups is 2. The lowest BCUT2D eigenvalue weighted by molar-refractivity contribution is 0.0695. The highest BCUT2D eigenvalue weighted by Gasteiger charge is 2.11. The molecule has 1 aromatic heterocycles. The van der Waals surface area contributed by atoms with Gasteiger partial charge in [0.05, 0.1) is 12.1 Å². The van der Waals surface area contributed by atoms with Gasteiger partial charge in [-0.15, -0.1) is 0 Å². The van der Waals surface area contributed by atoms with E-state index in [2.05, 4.69) is 10.4 Å². The maximum atomic E-state index is 11.4. The topological polar surface area (TPSA) is 84.2 Å². The Morgan fingerprint density at radius 1 is 1.32 bits per heavy atom. The third-order valence-corrected chi connectivity index (χ3v) is 2.68. The van der Waals surface area contributed by atoms with Crippen LogP contribution in [0.5, 0.6) is 0 Å². The molecule has 1 amide bonds. The predicted molar refractivity (Wildman–Crippen MR) is 68.1 cm³/mol. The van der Waals surface area contributed by atoms with Crippen LogP contribution < -0.4 is 5.32 Å². The fraction of sp³-hybridized carbons (Fsp3) is 0.154. The van der Waals surface area contributed by atoms with Crippen LogP contribution in [0.15, 0.2) is 36.5 Å². The first-order chi connectivity index (χ1) is 9.11. The molecule has 0 radical (unpaired) electrons. The van der Waals surface area contributed by atoms with Crippen molar-refractivity contribution in [2.45, 2.75) is 6.54 Å². The van der Waals surface area contributed by atoms with Crippen LogP contribution in [0.25, 0.3) is 0 Å². The van der Waals surface area contributed by atoms with Crippen LogP contribution in [0, 0.1) is 0 Å². The summed E-state index contributed by atoms with van der Waals surface area (Å²) in [6.07, 6.45) is 1.64. The second-order valence-electron chi connectivity index (χ2n) is 3.94. The Bertz CT molecular complexity index is 619. The molecule has 1 heterocycles. The van der Waals surface area contributed by atoms with Gasteiger partial charge in [0, 0.05) is 13.2 Å². The molecule has 6 nitrogen and oxygen atoms in total. The van der Waals surface area contributed by atoms with Gasteiger partial charge in [0.1, 0.15) is 5.69 Å². The molecule has 1 aromatic carbocycles. The molecule has 2 N–H and O–H groups in total. The SMILES string of the molecule is CNC(=O)c1ccn(Cc2ccccc2C(=O)O)n1. The number of amides is 1. The Kier molecular flexibility index (Phi) is 3.61. The summed E-state index contributed by atoms with van der Waals surface area (Å²) in [5, 5.41) is 15.6. The normalized spacial score (nSPS) is 10.2. The molecule has 19 heavy (non-hydrogen) atoms. The van der Waals surface area contributed by atoms with E-state index in [0.29, 0.717) is 17.8 Å². The van der Waals surface area contributed by atoms with Gasteiger partial charge in [0.15, 0.2) is 0 Å². The molecule has 0 aliphatic heterocycles. The number of carboxylic acid groups (broad SMARTS) is 1. The van der Waals surface area contributed by atoms with Gasteiger partial charge in [-0.2, -0.15) is 5.10 Å². The summed E-state index contributed by atoms with van der Waals surface area (Å²) in [7, 11) is 1.53. The van der Waals surface area contributed by atoms with Crippen molar-refractivity contribution in [3.8, 4) is 0 Å². The van der Waals surface area contributed by atoms with Crippen molar-refractivity contribution in [2.75, 3.05) is 7.05 Å². The molecular formula is C13H13N3O3. The van der Waals surface area contributed by atoms with Crippen molar-refractivity contribution in [2.24, 2.45) is 0 Å². The van der Waals surface area contributed by atoms with Gasteiger partial charge in [-0.1, -0.05) is 18.2 Å². The number of nitrogens with zero attached hydrogens (tertiary/aromatic N) is 2. The quantitative estimate of drug-likeness (QED) is 0.857. The van der Waals surface area contributed by atoms with Crippen molar-refractivity contribution in [1.29, 1.82) is 0 Å². The molecule has 0 aliphatic carbocycles. The number of carbonyl (C=O) groups excluding carboxylic acids is 1. The molecule has 0 bridgehead atoms. The molecule has 0 fully saturated rings. The van der Waals surface area contributed by atoms with Crippen LogP contribution in [0.4, 0.5) is 0 Å². The number of benzene rings is 1. The first-order valence-corrected chi connectivity index (χ1v) is 5.68. The van der Waals surface area contributed by atoms with E-state index >= 15 is 0 Å². The number of aromatic carboxylic acids is 1. The Labute approximate surface area is 109 Å². The van der Waals surface area contributed by atoms with E-state index in [1.165, 1.54) is 11.7 Å². The Morgan fingerprint density at radius 3 is 2.74 bits per heavy atom. The minimum Gasteiger partial charge on any atom is -0.478 e. The largest absolute Gasteiger partial charge is 0.478 e. The zero-order valence-electron chi connectivity index (χ0n) is 10.3. The van der Waals surface area contributed by atoms with E-state index in [9.17, 15) is 9.59 Å². The van der Waals surface area contributed by atoms with E-state index < -0.39 is 5.97 Å². The highest BCUT2D eigenvalue weighted by molar-refractivity contribution is 5.92. The summed E-state index contributed by atoms with van der Waals surface area (Å²) in [6.45, 7) is 0.305. The minimum absolute atomic E-state index is 0.236. The standard InChI is InChI=1S/C13H13N3O3/c1-14-12(17)11-6-7-16(15-11)8-9-4-2-3-5-10(9)13(18)19/h2-7H,8H2,1H3,(H,14,17)(H,18,19). The van der Waals surface area contributed by atoms with Crippen molar-refractivity contribution in [3.63, 3.8) is 0 Å². The lowest BCUT2D eigenvalue weighted by atomic mass is 10.1. The molecular weight excluding hydrogens is 246 g/mol. The first kappa shape index (κ1) is 12.8. The summed E-state index contributed by atoms with van der Waals surface area (Å²) < 4.78 is 1.53. The van der Waals surface area contributed by atoms with Crippen molar-refractivity contribution in [3.05, 3.63) is 53.3 Å². The third-order valence-electron chi connectivity index (χ3n) is 2.68. The summed E-state index contributed by atoms with van der Waals surface area (Å²) in [6, 6.07) is 8.30. The molecule has 0 aliphatic rings. The Morgan fingerprint density at radius 2 is 2.05 bits per heavy atom. The molecule has 6 heteroatoms. The molecule has 0 spiro atoms. The second kappa shape index (κ2) is 5.34. The first-order valence-electron chi connectivity index (χ1n) is 5.68. The maximum absolute atomic E-state index is 11.4. The van der Waals surface area contributed by atoms with Gasteiger partial charge < -0.3 is 10.4 Å². The zero-order chi connectivity index (χ0) is 13.8. The number of rotatable bonds is 4. The van der Waals surface area contributed by atoms with Gasteiger partial charge in [0.2, 0.25) is 0 Å². The Hall–Kier alpha value is -2.63. The van der Waals surface area contributed by atoms with Crippen LogP contribution in [-0.2, 0) is 6.54 Å². The minimum atomic E-state index is -0.978. The number of aromatic nitrogens is 2. The highest BCUT2D eigenvalue weighted by Crippen LogP contribution is 2.10. The third kappa shape index (κ3) is 2.79. The maximum Gasteiger partial charge on any atom is 0.336 e. The Balaban J connectivity index is 2.24. The molecule has 0 atom stereocenters. The molecule has 0 saturated carbocycles. The van der Waals surface area contributed by atoms with Crippen molar-refractivity contribution >= 4 is 11.9 Å². The average molecular weight is 259 g/mol. The number of hydrogen-bond acceptors (Lipinski definition) is 3. The monoisotopic (exact) mass is 259 g/mol. The molecule has 0 unspecified atom stereocenters. The number of nitrogens with one attached hydrogen (secondary N) is 1. The van der Waals surface area contributed by atoms with E-state index in [4.69, 9.17) is 5.11 Å². The van der Waals surface area contributed by atoms with E-state index in [0.717, 1.165) is 0 Å². The molecule has 2 rings (SSSR count). The van der Waals surface area contributed by atoms with Crippen LogP contribution in [0.2, 0.25) is 0 Å². The van der Waals surface area contributed by atoms with Gasteiger partial charge in [0.25, 0.3) is 5.91 Å². The van der Waals surface area contributed by atoms with Crippen LogP contribution in [0.3, 0.4) is 0 Å². The zero-order valence-corrected chi connectivity index (χ0v) is 10.3. The lowest BCUT2D eigenvalue weighted by Crippen LogP contribution is -2.18. The molecule has 0 saturated heterocycles. The summed E-state index contributed by atoms with van der Waals surface area (Å²) in [5.74, 6) is -1.25. The van der Waals surface area contributed by atoms with E-state index in [-0.39, 0.29) is 11.5 Å². The smallest absolute Gasteiger partial charge is 0.336 e. The van der Waals surface area contributed by atoms with Crippen LogP contribution in [-0.4, -0.2) is 33.8 Å². The number of carboxylic acids is 1. The van der Waals surface area contributed by atoms with Crippen molar-refractivity contribution < 1.29 is 14.7 Å². The van der Waals surface area contributed by atoms with Gasteiger partial charge in [-0.3, -0.25) is 9.48 Å². The lowest BCUT2D eigenvalue weighted by Gasteiger charge is -2.05. The fourth-order valence-corrected chi connectivity index (χ4v) is 1.74. The van der Waals surface area contributed by atoms with E-state index in [1.807, 2.05) is 0 Å². The molecule has 2 aromatic rings. The van der Waals surface area contributed by atoms with Crippen molar-refractivity contribution in [1.82, 2.24) is 15.1 Å². The summed E-state index contributed by atoms with van der Waals surface area (Å²) >= 11 is 0. The van der Waals surface area contributed by atoms with E-state index in [1.54, 1.807) is 36.5 Å². The van der Waals surface area contributed by atoms with Crippen LogP contribution in [0.1, 0.15) is 26.4 Å². The van der Waals surface area contributed by atoms with Gasteiger partial charge >= 0.3 is 5.97 Å². The van der Waals surface area contributed by atoms with Crippen LogP contribution >= 0.6 is 0 Å². The van der Waals surface area contributed by atoms with Gasteiger partial charge in [-0.05, 0) is 17.7 Å². The number of hydrogen-bond donors (Lipinski definition) is 2. The summed E-state index contributed by atoms with van der Waals surface area (Å²) in [4.78, 5) is 22.5. The summed E-state index contributed by atoms with van der Waals surface area (Å²) in [5.41, 5.74) is 1.18. The highest BCUT2D eigenvalue weighted by atomic mass is 16.4. The predicted octanol–water partition coefficient (Wildman–Crippen LogP) is 0.989.